The number of imide groups is 1. The quantitative estimate of drug-likeness (QED) is 0.258. The van der Waals surface area contributed by atoms with E-state index in [0.717, 1.165) is 27.2 Å². The molecule has 210 valence electrons. The summed E-state index contributed by atoms with van der Waals surface area (Å²) < 4.78 is 6.09. The number of amides is 3. The number of hydrogen-bond donors (Lipinski definition) is 1. The summed E-state index contributed by atoms with van der Waals surface area (Å²) in [5, 5.41) is 3.06. The fraction of sp³-hybridized carbons (Fsp3) is 0.312. The molecule has 2 bridgehead atoms. The van der Waals surface area contributed by atoms with E-state index in [1.807, 2.05) is 62.4 Å². The third kappa shape index (κ3) is 4.67. The smallest absolute Gasteiger partial charge is 0.329 e. The summed E-state index contributed by atoms with van der Waals surface area (Å²) in [5.74, 6) is -3.76. The molecule has 0 spiro atoms. The summed E-state index contributed by atoms with van der Waals surface area (Å²) in [5.41, 5.74) is 4.70. The van der Waals surface area contributed by atoms with E-state index in [0.29, 0.717) is 15.2 Å². The zero-order valence-electron chi connectivity index (χ0n) is 22.5. The van der Waals surface area contributed by atoms with Crippen LogP contribution >= 0.6 is 27.5 Å². The van der Waals surface area contributed by atoms with Crippen molar-refractivity contribution in [3.63, 3.8) is 0 Å². The topological polar surface area (TPSA) is 92.8 Å². The standard InChI is InChI=1S/C32H28BrClN2O5/c1-16(2)13-24(32(40)41-15-25(37)35-17-11-12-22(33)23(34)14-17)36-30(38)28-26-18-7-3-4-8-19(18)27(29(28)31(36)39)21-10-6-5-9-20(21)26/h3-12,14,16,24,26-29H,13,15H2,1-2H3,(H,35,37)/t24-,26?,27?,28-,29+/m0/s1. The van der Waals surface area contributed by atoms with Crippen molar-refractivity contribution < 1.29 is 23.9 Å². The zero-order chi connectivity index (χ0) is 29.0. The molecule has 41 heavy (non-hydrogen) atoms. The van der Waals surface area contributed by atoms with Crippen molar-refractivity contribution in [2.45, 2.75) is 38.1 Å². The minimum Gasteiger partial charge on any atom is -0.454 e. The monoisotopic (exact) mass is 634 g/mol. The van der Waals surface area contributed by atoms with Gasteiger partial charge in [-0.25, -0.2) is 4.79 Å². The van der Waals surface area contributed by atoms with Crippen molar-refractivity contribution >= 4 is 56.9 Å². The minimum atomic E-state index is -1.12. The summed E-state index contributed by atoms with van der Waals surface area (Å²) in [4.78, 5) is 55.4. The van der Waals surface area contributed by atoms with Gasteiger partial charge in [-0.3, -0.25) is 19.3 Å². The van der Waals surface area contributed by atoms with Gasteiger partial charge < -0.3 is 10.1 Å². The van der Waals surface area contributed by atoms with Gasteiger partial charge in [-0.1, -0.05) is 74.0 Å². The first-order valence-electron chi connectivity index (χ1n) is 13.6. The number of nitrogens with one attached hydrogen (secondary N) is 1. The summed E-state index contributed by atoms with van der Waals surface area (Å²) >= 11 is 9.40. The average Bonchev–Trinajstić information content (AvgIpc) is 3.22. The second-order valence-corrected chi connectivity index (χ2v) is 12.5. The maximum absolute atomic E-state index is 14.1. The number of ether oxygens (including phenoxy) is 1. The van der Waals surface area contributed by atoms with E-state index >= 15 is 0 Å². The van der Waals surface area contributed by atoms with E-state index in [4.69, 9.17) is 16.3 Å². The molecular weight excluding hydrogens is 608 g/mol. The maximum Gasteiger partial charge on any atom is 0.329 e. The Labute approximate surface area is 251 Å². The first-order chi connectivity index (χ1) is 19.7. The number of likely N-dealkylation sites (tertiary alicyclic amines) is 1. The molecular formula is C32H28BrClN2O5. The summed E-state index contributed by atoms with van der Waals surface area (Å²) in [6.07, 6.45) is 0.231. The van der Waals surface area contributed by atoms with Gasteiger partial charge in [0.05, 0.1) is 16.9 Å². The number of esters is 1. The van der Waals surface area contributed by atoms with Gasteiger partial charge >= 0.3 is 5.97 Å². The molecule has 0 radical (unpaired) electrons. The van der Waals surface area contributed by atoms with Gasteiger partial charge in [-0.15, -0.1) is 0 Å². The van der Waals surface area contributed by atoms with Crippen LogP contribution in [0.5, 0.6) is 0 Å². The minimum absolute atomic E-state index is 0.0133. The number of benzene rings is 3. The molecule has 9 heteroatoms. The number of carbonyl (C=O) groups excluding carboxylic acids is 4. The molecule has 7 nitrogen and oxygen atoms in total. The zero-order valence-corrected chi connectivity index (χ0v) is 24.8. The van der Waals surface area contributed by atoms with Crippen LogP contribution in [0.25, 0.3) is 0 Å². The Morgan fingerprint density at radius 3 is 1.88 bits per heavy atom. The van der Waals surface area contributed by atoms with Crippen LogP contribution in [0.1, 0.15) is 54.4 Å². The third-order valence-corrected chi connectivity index (χ3v) is 9.54. The van der Waals surface area contributed by atoms with Crippen molar-refractivity contribution in [1.82, 2.24) is 4.90 Å². The van der Waals surface area contributed by atoms with Gasteiger partial charge in [-0.2, -0.15) is 0 Å². The second kappa shape index (κ2) is 10.7. The lowest BCUT2D eigenvalue weighted by Gasteiger charge is -2.45. The highest BCUT2D eigenvalue weighted by atomic mass is 79.9. The lowest BCUT2D eigenvalue weighted by molar-refractivity contribution is -0.160. The molecule has 0 saturated carbocycles. The molecule has 1 fully saturated rings. The van der Waals surface area contributed by atoms with Crippen molar-refractivity contribution in [3.8, 4) is 0 Å². The molecule has 7 rings (SSSR count). The highest BCUT2D eigenvalue weighted by molar-refractivity contribution is 9.10. The highest BCUT2D eigenvalue weighted by Gasteiger charge is 2.63. The van der Waals surface area contributed by atoms with Gasteiger partial charge in [-0.05, 0) is 68.7 Å². The van der Waals surface area contributed by atoms with E-state index in [1.54, 1.807) is 18.2 Å². The van der Waals surface area contributed by atoms with Crippen molar-refractivity contribution in [1.29, 1.82) is 0 Å². The first-order valence-corrected chi connectivity index (χ1v) is 14.8. The van der Waals surface area contributed by atoms with Gasteiger partial charge in [0.25, 0.3) is 5.91 Å². The average molecular weight is 636 g/mol. The predicted octanol–water partition coefficient (Wildman–Crippen LogP) is 5.89. The summed E-state index contributed by atoms with van der Waals surface area (Å²) in [6, 6.07) is 19.8. The fourth-order valence-electron chi connectivity index (χ4n) is 6.76. The summed E-state index contributed by atoms with van der Waals surface area (Å²) in [7, 11) is 0. The number of nitrogens with zero attached hydrogens (tertiary/aromatic N) is 1. The highest BCUT2D eigenvalue weighted by Crippen LogP contribution is 2.61. The lowest BCUT2D eigenvalue weighted by Crippen LogP contribution is -2.47. The Bertz CT molecular complexity index is 1470. The van der Waals surface area contributed by atoms with Crippen LogP contribution in [0.2, 0.25) is 5.02 Å². The molecule has 1 aliphatic heterocycles. The van der Waals surface area contributed by atoms with Crippen molar-refractivity contribution in [2.24, 2.45) is 17.8 Å². The fourth-order valence-corrected chi connectivity index (χ4v) is 7.19. The van der Waals surface area contributed by atoms with Crippen LogP contribution < -0.4 is 5.32 Å². The molecule has 1 saturated heterocycles. The Morgan fingerprint density at radius 1 is 0.902 bits per heavy atom. The van der Waals surface area contributed by atoms with Crippen LogP contribution in [0.3, 0.4) is 0 Å². The predicted molar refractivity (Wildman–Crippen MR) is 157 cm³/mol. The van der Waals surface area contributed by atoms with Crippen molar-refractivity contribution in [3.05, 3.63) is 98.5 Å². The van der Waals surface area contributed by atoms with Gasteiger partial charge in [0.2, 0.25) is 11.8 Å². The van der Waals surface area contributed by atoms with E-state index in [2.05, 4.69) is 21.2 Å². The molecule has 3 aromatic carbocycles. The number of halogens is 2. The largest absolute Gasteiger partial charge is 0.454 e. The normalized spacial score (nSPS) is 22.7. The molecule has 3 aromatic rings. The third-order valence-electron chi connectivity index (χ3n) is 8.31. The van der Waals surface area contributed by atoms with Gasteiger partial charge in [0, 0.05) is 22.0 Å². The van der Waals surface area contributed by atoms with Gasteiger partial charge in [0.15, 0.2) is 6.61 Å². The second-order valence-electron chi connectivity index (χ2n) is 11.2. The molecule has 1 heterocycles. The number of carbonyl (C=O) groups is 4. The van der Waals surface area contributed by atoms with Crippen LogP contribution in [0, 0.1) is 17.8 Å². The van der Waals surface area contributed by atoms with E-state index in [-0.39, 0.29) is 36.0 Å². The Hall–Kier alpha value is -3.49. The van der Waals surface area contributed by atoms with E-state index < -0.39 is 36.4 Å². The van der Waals surface area contributed by atoms with Crippen LogP contribution in [0.4, 0.5) is 5.69 Å². The lowest BCUT2D eigenvalue weighted by atomic mass is 9.55. The van der Waals surface area contributed by atoms with Gasteiger partial charge in [0.1, 0.15) is 6.04 Å². The van der Waals surface area contributed by atoms with E-state index in [9.17, 15) is 19.2 Å². The van der Waals surface area contributed by atoms with Crippen LogP contribution in [-0.4, -0.2) is 41.2 Å². The Kier molecular flexibility index (Phi) is 7.24. The van der Waals surface area contributed by atoms with Crippen LogP contribution in [-0.2, 0) is 23.9 Å². The number of anilines is 1. The number of hydrogen-bond acceptors (Lipinski definition) is 5. The first kappa shape index (κ1) is 27.7. The molecule has 0 aromatic heterocycles. The molecule has 0 unspecified atom stereocenters. The molecule has 1 N–H and O–H groups in total. The maximum atomic E-state index is 14.1. The molecule has 3 aliphatic carbocycles. The number of rotatable bonds is 7. The Balaban J connectivity index is 1.26. The van der Waals surface area contributed by atoms with E-state index in [1.165, 1.54) is 0 Å². The Morgan fingerprint density at radius 2 is 1.41 bits per heavy atom. The molecule has 4 aliphatic rings. The van der Waals surface area contributed by atoms with Crippen LogP contribution in [0.15, 0.2) is 71.2 Å². The van der Waals surface area contributed by atoms with Crippen molar-refractivity contribution in [2.75, 3.05) is 11.9 Å². The summed E-state index contributed by atoms with van der Waals surface area (Å²) in [6.45, 7) is 3.27. The molecule has 3 atom stereocenters. The SMILES string of the molecule is CC(C)C[C@@H](C(=O)OCC(=O)Nc1ccc(Br)c(Cl)c1)N1C(=O)[C@@H]2C3c4ccccc4C(c4ccccc43)[C@@H]2C1=O. The molecule has 3 amide bonds.